The Morgan fingerprint density at radius 1 is 1.33 bits per heavy atom. The first kappa shape index (κ1) is 33.2. The van der Waals surface area contributed by atoms with E-state index in [1.54, 1.807) is 10.4 Å². The molecule has 0 spiro atoms. The molecule has 1 saturated carbocycles. The molecule has 1 heterocycles. The lowest BCUT2D eigenvalue weighted by molar-refractivity contribution is 0.417. The van der Waals surface area contributed by atoms with E-state index >= 15 is 0 Å². The highest BCUT2D eigenvalue weighted by Gasteiger charge is 2.27. The van der Waals surface area contributed by atoms with Gasteiger partial charge in [0, 0.05) is 34.7 Å². The van der Waals surface area contributed by atoms with Gasteiger partial charge in [-0.15, -0.1) is 0 Å². The van der Waals surface area contributed by atoms with Crippen LogP contribution < -0.4 is 5.32 Å². The molecule has 2 unspecified atom stereocenters. The number of allylic oxidation sites excluding steroid dienone is 2. The minimum absolute atomic E-state index is 0.160. The molecule has 1 aromatic rings. The molecular weight excluding hydrogens is 475 g/mol. The molecular formula is C27H43FN6OS. The number of hydrogen-bond donors (Lipinski definition) is 2. The molecule has 7 nitrogen and oxygen atoms in total. The molecule has 3 rings (SSSR count). The van der Waals surface area contributed by atoms with Crippen LogP contribution >= 0.6 is 0 Å². The second-order valence-corrected chi connectivity index (χ2v) is 8.78. The number of nitrogens with one attached hydrogen (secondary N) is 2. The zero-order valence-corrected chi connectivity index (χ0v) is 23.8. The number of hydrogen-bond acceptors (Lipinski definition) is 6. The molecule has 0 radical (unpaired) electrons. The number of rotatable bonds is 7. The first-order valence-electron chi connectivity index (χ1n) is 12.4. The fourth-order valence-corrected chi connectivity index (χ4v) is 4.25. The summed E-state index contributed by atoms with van der Waals surface area (Å²) in [5.74, 6) is 0.300. The Balaban J connectivity index is 0.00000159. The zero-order chi connectivity index (χ0) is 27.7. The van der Waals surface area contributed by atoms with E-state index < -0.39 is 10.8 Å². The van der Waals surface area contributed by atoms with Gasteiger partial charge in [-0.2, -0.15) is 5.10 Å². The Labute approximate surface area is 219 Å². The van der Waals surface area contributed by atoms with Crippen molar-refractivity contribution in [1.82, 2.24) is 10.3 Å². The Morgan fingerprint density at radius 3 is 2.44 bits per heavy atom. The van der Waals surface area contributed by atoms with Crippen molar-refractivity contribution in [3.05, 3.63) is 58.5 Å². The van der Waals surface area contributed by atoms with Gasteiger partial charge in [-0.3, -0.25) is 5.01 Å². The maximum atomic E-state index is 13.2. The molecule has 0 amide bonds. The van der Waals surface area contributed by atoms with E-state index in [2.05, 4.69) is 27.1 Å². The summed E-state index contributed by atoms with van der Waals surface area (Å²) in [7, 11) is 2.41. The summed E-state index contributed by atoms with van der Waals surface area (Å²) in [4.78, 5) is 8.35. The van der Waals surface area contributed by atoms with Crippen molar-refractivity contribution in [1.29, 1.82) is 5.41 Å². The normalized spacial score (nSPS) is 18.0. The molecule has 9 heteroatoms. The SMILES string of the molecule is C=NC(=N/C(=C/F)C1CC1)c1cccc(C(C)C2=NN(CC=N)C(C)=CS2=O)c1.CC.CC.CNC. The predicted molar refractivity (Wildman–Crippen MR) is 155 cm³/mol. The fraction of sp³-hybridized carbons (Fsp3) is 0.481. The van der Waals surface area contributed by atoms with Crippen LogP contribution in [0.5, 0.6) is 0 Å². The molecule has 1 aromatic carbocycles. The van der Waals surface area contributed by atoms with E-state index in [1.165, 1.54) is 6.21 Å². The van der Waals surface area contributed by atoms with Crippen molar-refractivity contribution in [2.75, 3.05) is 20.6 Å². The Kier molecular flexibility index (Phi) is 17.1. The highest BCUT2D eigenvalue weighted by atomic mass is 32.2. The van der Waals surface area contributed by atoms with Crippen molar-refractivity contribution in [3.8, 4) is 0 Å². The van der Waals surface area contributed by atoms with Crippen LogP contribution in [-0.2, 0) is 10.8 Å². The maximum absolute atomic E-state index is 13.2. The monoisotopic (exact) mass is 518 g/mol. The molecule has 1 fully saturated rings. The van der Waals surface area contributed by atoms with Gasteiger partial charge in [0.2, 0.25) is 0 Å². The quantitative estimate of drug-likeness (QED) is 0.331. The van der Waals surface area contributed by atoms with Crippen LogP contribution in [0.1, 0.15) is 71.4 Å². The maximum Gasteiger partial charge on any atom is 0.158 e. The summed E-state index contributed by atoms with van der Waals surface area (Å²) in [6.45, 7) is 15.7. The van der Waals surface area contributed by atoms with Crippen molar-refractivity contribution < 1.29 is 8.60 Å². The van der Waals surface area contributed by atoms with Crippen molar-refractivity contribution in [2.24, 2.45) is 21.0 Å². The van der Waals surface area contributed by atoms with Crippen LogP contribution in [0.3, 0.4) is 0 Å². The van der Waals surface area contributed by atoms with E-state index in [4.69, 9.17) is 5.41 Å². The van der Waals surface area contributed by atoms with E-state index in [1.807, 2.05) is 79.9 Å². The number of nitrogens with zero attached hydrogens (tertiary/aromatic N) is 4. The molecule has 2 aliphatic rings. The highest BCUT2D eigenvalue weighted by Crippen LogP contribution is 2.37. The van der Waals surface area contributed by atoms with Crippen LogP contribution in [0, 0.1) is 11.3 Å². The average Bonchev–Trinajstić information content (AvgIpc) is 3.74. The van der Waals surface area contributed by atoms with Crippen LogP contribution in [0.2, 0.25) is 0 Å². The number of benzene rings is 1. The van der Waals surface area contributed by atoms with E-state index in [9.17, 15) is 8.60 Å². The molecule has 36 heavy (non-hydrogen) atoms. The summed E-state index contributed by atoms with van der Waals surface area (Å²) in [5.41, 5.74) is 2.76. The third kappa shape index (κ3) is 10.1. The first-order valence-corrected chi connectivity index (χ1v) is 13.6. The molecule has 0 bridgehead atoms. The summed E-state index contributed by atoms with van der Waals surface area (Å²) in [6, 6.07) is 7.53. The lowest BCUT2D eigenvalue weighted by atomic mass is 9.99. The smallest absolute Gasteiger partial charge is 0.158 e. The largest absolute Gasteiger partial charge is 0.323 e. The molecule has 1 aliphatic carbocycles. The van der Waals surface area contributed by atoms with Gasteiger partial charge in [0.05, 0.1) is 23.0 Å². The molecule has 200 valence electrons. The first-order chi connectivity index (χ1) is 17.4. The molecule has 0 saturated heterocycles. The third-order valence-corrected chi connectivity index (χ3v) is 6.28. The second-order valence-electron chi connectivity index (χ2n) is 7.53. The van der Waals surface area contributed by atoms with Gasteiger partial charge in [-0.05, 0) is 52.2 Å². The van der Waals surface area contributed by atoms with Gasteiger partial charge < -0.3 is 10.7 Å². The highest BCUT2D eigenvalue weighted by molar-refractivity contribution is 8.03. The van der Waals surface area contributed by atoms with Crippen LogP contribution in [-0.4, -0.2) is 53.7 Å². The van der Waals surface area contributed by atoms with Crippen molar-refractivity contribution in [3.63, 3.8) is 0 Å². The molecule has 2 N–H and O–H groups in total. The van der Waals surface area contributed by atoms with Crippen molar-refractivity contribution in [2.45, 2.75) is 60.3 Å². The number of amidine groups is 1. The second kappa shape index (κ2) is 18.5. The predicted octanol–water partition coefficient (Wildman–Crippen LogP) is 6.23. The lowest BCUT2D eigenvalue weighted by Crippen LogP contribution is -2.28. The fourth-order valence-electron chi connectivity index (χ4n) is 3.03. The minimum Gasteiger partial charge on any atom is -0.323 e. The number of hydrazone groups is 1. The van der Waals surface area contributed by atoms with Gasteiger partial charge >= 0.3 is 0 Å². The summed E-state index contributed by atoms with van der Waals surface area (Å²) in [6.07, 6.45) is 3.67. The van der Waals surface area contributed by atoms with E-state index in [-0.39, 0.29) is 11.8 Å². The van der Waals surface area contributed by atoms with Gasteiger partial charge in [0.15, 0.2) is 5.84 Å². The standard InChI is InChI=1S/C21H24FN5OS.C2H7N.2C2H6/c1-14-13-29(28)21(26-27(14)10-9-23)15(2)17-5-4-6-18(11-17)20(24-3)25-19(12-22)16-7-8-16;1-3-2;2*1-2/h4-6,9,11-13,15-16,23H,3,7-8,10H2,1-2H3;3H,1-2H3;2*1-2H3/b19-12+,23-9?,25-20?;;;. The van der Waals surface area contributed by atoms with E-state index in [0.717, 1.165) is 29.7 Å². The minimum atomic E-state index is -1.34. The molecule has 1 aliphatic heterocycles. The van der Waals surface area contributed by atoms with Crippen molar-refractivity contribution >= 4 is 34.6 Å². The zero-order valence-electron chi connectivity index (χ0n) is 23.0. The number of aliphatic imine (C=N–C) groups is 2. The van der Waals surface area contributed by atoms with E-state index in [0.29, 0.717) is 29.5 Å². The van der Waals surface area contributed by atoms with Gasteiger partial charge in [0.1, 0.15) is 11.4 Å². The number of halogens is 1. The summed E-state index contributed by atoms with van der Waals surface area (Å²) in [5, 5.41) is 18.4. The average molecular weight is 519 g/mol. The van der Waals surface area contributed by atoms with Gasteiger partial charge in [0.25, 0.3) is 0 Å². The summed E-state index contributed by atoms with van der Waals surface area (Å²) >= 11 is 0. The van der Waals surface area contributed by atoms with Gasteiger partial charge in [-0.1, -0.05) is 52.8 Å². The molecule has 0 aromatic heterocycles. The third-order valence-electron chi connectivity index (χ3n) is 4.88. The topological polar surface area (TPSA) is 93.3 Å². The van der Waals surface area contributed by atoms with Gasteiger partial charge in [-0.25, -0.2) is 18.6 Å². The summed E-state index contributed by atoms with van der Waals surface area (Å²) < 4.78 is 25.8. The lowest BCUT2D eigenvalue weighted by Gasteiger charge is -2.25. The molecule has 2 atom stereocenters. The van der Waals surface area contributed by atoms with Crippen LogP contribution in [0.15, 0.2) is 62.5 Å². The Bertz CT molecular complexity index is 982. The van der Waals surface area contributed by atoms with Crippen LogP contribution in [0.25, 0.3) is 0 Å². The Morgan fingerprint density at radius 2 is 1.94 bits per heavy atom. The Hall–Kier alpha value is -2.78. The van der Waals surface area contributed by atoms with Crippen LogP contribution in [0.4, 0.5) is 4.39 Å².